The van der Waals surface area contributed by atoms with Gasteiger partial charge in [-0.1, -0.05) is 72.6 Å². The van der Waals surface area contributed by atoms with Gasteiger partial charge in [0.2, 0.25) is 5.91 Å². The van der Waals surface area contributed by atoms with Crippen molar-refractivity contribution >= 4 is 52.1 Å². The Labute approximate surface area is 255 Å². The number of imidazole rings is 1. The number of nitrogens with one attached hydrogen (secondary N) is 2. The predicted molar refractivity (Wildman–Crippen MR) is 168 cm³/mol. The summed E-state index contributed by atoms with van der Waals surface area (Å²) in [5, 5.41) is 17.0. The van der Waals surface area contributed by atoms with E-state index in [4.69, 9.17) is 40.7 Å². The number of nitrogens with zero attached hydrogens (tertiary/aromatic N) is 4. The van der Waals surface area contributed by atoms with Crippen LogP contribution in [0.3, 0.4) is 0 Å². The van der Waals surface area contributed by atoms with Crippen LogP contribution in [0.5, 0.6) is 0 Å². The lowest BCUT2D eigenvalue weighted by atomic mass is 10.1. The Morgan fingerprint density at radius 1 is 1.10 bits per heavy atom. The Hall–Kier alpha value is -3.90. The lowest BCUT2D eigenvalue weighted by Crippen LogP contribution is -2.47. The number of anilines is 1. The van der Waals surface area contributed by atoms with Gasteiger partial charge in [0.1, 0.15) is 0 Å². The SMILES string of the molecule is CCC(CN(Cc1cccc(Cl)c1Cl)C(=S)Nc1ccccc1)NC(=O)Cc1cncn1Cc1ccc(C#N)cc1. The molecule has 1 heterocycles. The van der Waals surface area contributed by atoms with Crippen molar-refractivity contribution in [3.8, 4) is 6.07 Å². The second-order valence-corrected chi connectivity index (χ2v) is 10.7. The molecule has 0 bridgehead atoms. The summed E-state index contributed by atoms with van der Waals surface area (Å²) in [6.07, 6.45) is 4.29. The summed E-state index contributed by atoms with van der Waals surface area (Å²) in [6.45, 7) is 3.47. The Bertz CT molecular complexity index is 1520. The molecule has 41 heavy (non-hydrogen) atoms. The van der Waals surface area contributed by atoms with Crippen LogP contribution in [0.4, 0.5) is 5.69 Å². The van der Waals surface area contributed by atoms with Gasteiger partial charge in [0.05, 0.1) is 34.4 Å². The van der Waals surface area contributed by atoms with E-state index in [1.165, 1.54) is 0 Å². The molecule has 0 fully saturated rings. The third-order valence-corrected chi connectivity index (χ3v) is 7.80. The number of amides is 1. The van der Waals surface area contributed by atoms with Gasteiger partial charge in [-0.15, -0.1) is 0 Å². The lowest BCUT2D eigenvalue weighted by Gasteiger charge is -2.30. The standard InChI is InChI=1S/C31H30Cl2N6OS/c1-2-25(36-29(40)15-27-17-35-21-39(27)18-23-13-11-22(16-34)12-14-23)20-38(19-24-7-6-10-28(32)30(24)33)31(41)37-26-8-4-3-5-9-26/h3-14,17,21,25H,2,15,18-20H2,1H3,(H,36,40)(H,37,41). The molecule has 1 aromatic heterocycles. The predicted octanol–water partition coefficient (Wildman–Crippen LogP) is 6.45. The lowest BCUT2D eigenvalue weighted by molar-refractivity contribution is -0.121. The molecule has 1 amide bonds. The molecule has 2 N–H and O–H groups in total. The van der Waals surface area contributed by atoms with E-state index in [-0.39, 0.29) is 18.4 Å². The molecule has 0 aliphatic rings. The summed E-state index contributed by atoms with van der Waals surface area (Å²) in [4.78, 5) is 19.4. The molecular weight excluding hydrogens is 575 g/mol. The van der Waals surface area contributed by atoms with E-state index in [9.17, 15) is 4.79 Å². The van der Waals surface area contributed by atoms with Crippen LogP contribution in [-0.4, -0.2) is 38.1 Å². The maximum atomic E-state index is 13.2. The molecule has 3 aromatic carbocycles. The van der Waals surface area contributed by atoms with Crippen molar-refractivity contribution in [2.45, 2.75) is 38.9 Å². The van der Waals surface area contributed by atoms with Gasteiger partial charge in [0.15, 0.2) is 5.11 Å². The number of rotatable bonds is 11. The van der Waals surface area contributed by atoms with Gasteiger partial charge in [-0.05, 0) is 60.1 Å². The maximum absolute atomic E-state index is 13.2. The molecule has 7 nitrogen and oxygen atoms in total. The maximum Gasteiger partial charge on any atom is 0.226 e. The molecule has 210 valence electrons. The van der Waals surface area contributed by atoms with E-state index >= 15 is 0 Å². The van der Waals surface area contributed by atoms with Crippen LogP contribution < -0.4 is 10.6 Å². The molecule has 1 unspecified atom stereocenters. The van der Waals surface area contributed by atoms with Gasteiger partial charge in [-0.2, -0.15) is 5.26 Å². The molecule has 0 radical (unpaired) electrons. The van der Waals surface area contributed by atoms with Gasteiger partial charge in [0.25, 0.3) is 0 Å². The fourth-order valence-corrected chi connectivity index (χ4v) is 4.96. The van der Waals surface area contributed by atoms with Crippen LogP contribution in [0, 0.1) is 11.3 Å². The summed E-state index contributed by atoms with van der Waals surface area (Å²) in [6, 6.07) is 24.5. The zero-order valence-corrected chi connectivity index (χ0v) is 24.9. The molecule has 0 aliphatic carbocycles. The zero-order valence-electron chi connectivity index (χ0n) is 22.6. The Balaban J connectivity index is 1.44. The van der Waals surface area contributed by atoms with Crippen molar-refractivity contribution in [1.82, 2.24) is 19.8 Å². The van der Waals surface area contributed by atoms with E-state index in [0.717, 1.165) is 22.5 Å². The Morgan fingerprint density at radius 3 is 2.56 bits per heavy atom. The van der Waals surface area contributed by atoms with Crippen molar-refractivity contribution in [3.63, 3.8) is 0 Å². The number of hydrogen-bond donors (Lipinski definition) is 2. The highest BCUT2D eigenvalue weighted by molar-refractivity contribution is 7.80. The topological polar surface area (TPSA) is 86.0 Å². The van der Waals surface area contributed by atoms with Gasteiger partial charge >= 0.3 is 0 Å². The smallest absolute Gasteiger partial charge is 0.226 e. The fraction of sp³-hybridized carbons (Fsp3) is 0.226. The first kappa shape index (κ1) is 30.1. The number of hydrogen-bond acceptors (Lipinski definition) is 4. The van der Waals surface area contributed by atoms with Gasteiger partial charge in [-0.25, -0.2) is 4.98 Å². The number of aromatic nitrogens is 2. The Morgan fingerprint density at radius 2 is 1.85 bits per heavy atom. The van der Waals surface area contributed by atoms with Crippen LogP contribution in [0.1, 0.15) is 35.7 Å². The highest BCUT2D eigenvalue weighted by Crippen LogP contribution is 2.27. The largest absolute Gasteiger partial charge is 0.351 e. The molecule has 10 heteroatoms. The molecule has 4 rings (SSSR count). The summed E-state index contributed by atoms with van der Waals surface area (Å²) < 4.78 is 1.94. The fourth-order valence-electron chi connectivity index (χ4n) is 4.32. The summed E-state index contributed by atoms with van der Waals surface area (Å²) in [7, 11) is 0. The van der Waals surface area contributed by atoms with E-state index < -0.39 is 0 Å². The number of carbonyl (C=O) groups excluding carboxylic acids is 1. The summed E-state index contributed by atoms with van der Waals surface area (Å²) >= 11 is 18.6. The van der Waals surface area contributed by atoms with Gasteiger partial charge in [-0.3, -0.25) is 4.79 Å². The third-order valence-electron chi connectivity index (χ3n) is 6.58. The minimum absolute atomic E-state index is 0.110. The second-order valence-electron chi connectivity index (χ2n) is 9.56. The first-order valence-corrected chi connectivity index (χ1v) is 14.3. The first-order chi connectivity index (χ1) is 19.9. The van der Waals surface area contributed by atoms with Crippen LogP contribution >= 0.6 is 35.4 Å². The van der Waals surface area contributed by atoms with Crippen LogP contribution in [0.2, 0.25) is 10.0 Å². The number of nitriles is 1. The van der Waals surface area contributed by atoms with Crippen molar-refractivity contribution in [1.29, 1.82) is 5.26 Å². The number of halogens is 2. The molecule has 0 spiro atoms. The quantitative estimate of drug-likeness (QED) is 0.191. The van der Waals surface area contributed by atoms with Crippen LogP contribution in [-0.2, 0) is 24.3 Å². The van der Waals surface area contributed by atoms with E-state index in [1.54, 1.807) is 30.7 Å². The zero-order chi connectivity index (χ0) is 29.2. The third kappa shape index (κ3) is 8.54. The number of thiocarbonyl (C=S) groups is 1. The van der Waals surface area contributed by atoms with Crippen LogP contribution in [0.15, 0.2) is 85.3 Å². The van der Waals surface area contributed by atoms with Crippen molar-refractivity contribution in [2.75, 3.05) is 11.9 Å². The minimum Gasteiger partial charge on any atom is -0.351 e. The van der Waals surface area contributed by atoms with E-state index in [0.29, 0.717) is 46.8 Å². The van der Waals surface area contributed by atoms with E-state index in [2.05, 4.69) is 21.7 Å². The molecule has 4 aromatic rings. The number of benzene rings is 3. The molecule has 0 saturated carbocycles. The summed E-state index contributed by atoms with van der Waals surface area (Å²) in [5.74, 6) is -0.110. The molecule has 0 aliphatic heterocycles. The van der Waals surface area contributed by atoms with Gasteiger partial charge < -0.3 is 20.1 Å². The van der Waals surface area contributed by atoms with Crippen molar-refractivity contribution in [3.05, 3.63) is 118 Å². The number of para-hydroxylation sites is 1. The van der Waals surface area contributed by atoms with Crippen LogP contribution in [0.25, 0.3) is 0 Å². The Kier molecular flexibility index (Phi) is 10.7. The molecule has 1 atom stereocenters. The molecule has 0 saturated heterocycles. The average Bonchev–Trinajstić information content (AvgIpc) is 3.41. The van der Waals surface area contributed by atoms with Crippen molar-refractivity contribution in [2.24, 2.45) is 0 Å². The van der Waals surface area contributed by atoms with Crippen molar-refractivity contribution < 1.29 is 4.79 Å². The number of carbonyl (C=O) groups is 1. The average molecular weight is 606 g/mol. The monoisotopic (exact) mass is 604 g/mol. The molecular formula is C31H30Cl2N6OS. The highest BCUT2D eigenvalue weighted by Gasteiger charge is 2.20. The second kappa shape index (κ2) is 14.6. The van der Waals surface area contributed by atoms with Gasteiger partial charge in [0, 0.05) is 43.3 Å². The normalized spacial score (nSPS) is 11.4. The minimum atomic E-state index is -0.175. The summed E-state index contributed by atoms with van der Waals surface area (Å²) in [5.41, 5.74) is 4.13. The highest BCUT2D eigenvalue weighted by atomic mass is 35.5. The first-order valence-electron chi connectivity index (χ1n) is 13.2. The van der Waals surface area contributed by atoms with E-state index in [1.807, 2.05) is 71.0 Å².